The third kappa shape index (κ3) is 6.80. The maximum atomic E-state index is 15.7. The first-order valence-electron chi connectivity index (χ1n) is 13.3. The number of Topliss-reactive ketones (excluding diaryl/α,β-unsaturated/α-hetero) is 1. The van der Waals surface area contributed by atoms with Crippen molar-refractivity contribution in [3.63, 3.8) is 0 Å². The number of carbonyl (C=O) groups excluding carboxylic acids is 3. The summed E-state index contributed by atoms with van der Waals surface area (Å²) in [6.45, 7) is 9.56. The van der Waals surface area contributed by atoms with Gasteiger partial charge < -0.3 is 10.2 Å². The van der Waals surface area contributed by atoms with Crippen LogP contribution in [0.25, 0.3) is 0 Å². The van der Waals surface area contributed by atoms with Crippen molar-refractivity contribution in [3.8, 4) is 0 Å². The van der Waals surface area contributed by atoms with Gasteiger partial charge in [-0.05, 0) is 50.2 Å². The molecular weight excluding hydrogens is 462 g/mol. The zero-order valence-corrected chi connectivity index (χ0v) is 21.8. The number of amides is 2. The molecule has 3 rings (SSSR count). The van der Waals surface area contributed by atoms with Gasteiger partial charge in [-0.3, -0.25) is 14.4 Å². The van der Waals surface area contributed by atoms with E-state index in [-0.39, 0.29) is 53.5 Å². The van der Waals surface area contributed by atoms with E-state index in [9.17, 15) is 18.8 Å². The fourth-order valence-electron chi connectivity index (χ4n) is 5.57. The van der Waals surface area contributed by atoms with Crippen molar-refractivity contribution < 1.29 is 23.2 Å². The molecule has 36 heavy (non-hydrogen) atoms. The third-order valence-electron chi connectivity index (χ3n) is 7.54. The van der Waals surface area contributed by atoms with E-state index in [1.807, 2.05) is 13.8 Å². The SMILES string of the molecule is C=C(CC(C)F)C(=O)N1CCCC(c2cccc(C(=O)NC(C(=O)C(C)C)C3CCCCC3)c2F)C1. The molecule has 198 valence electrons. The lowest BCUT2D eigenvalue weighted by molar-refractivity contribution is -0.128. The lowest BCUT2D eigenvalue weighted by atomic mass is 9.80. The molecule has 1 saturated carbocycles. The minimum Gasteiger partial charge on any atom is -0.342 e. The molecule has 1 saturated heterocycles. The van der Waals surface area contributed by atoms with E-state index in [0.717, 1.165) is 32.1 Å². The Kier molecular flexibility index (Phi) is 9.80. The molecule has 1 aliphatic carbocycles. The summed E-state index contributed by atoms with van der Waals surface area (Å²) in [6.07, 6.45) is 5.11. The smallest absolute Gasteiger partial charge is 0.254 e. The van der Waals surface area contributed by atoms with E-state index >= 15 is 4.39 Å². The van der Waals surface area contributed by atoms with E-state index in [1.165, 1.54) is 13.0 Å². The van der Waals surface area contributed by atoms with Crippen LogP contribution in [0, 0.1) is 17.7 Å². The van der Waals surface area contributed by atoms with Gasteiger partial charge in [0.15, 0.2) is 5.78 Å². The first-order chi connectivity index (χ1) is 17.1. The largest absolute Gasteiger partial charge is 0.342 e. The van der Waals surface area contributed by atoms with Crippen LogP contribution in [-0.2, 0) is 9.59 Å². The van der Waals surface area contributed by atoms with E-state index in [1.54, 1.807) is 17.0 Å². The number of rotatable bonds is 9. The van der Waals surface area contributed by atoms with Crippen LogP contribution >= 0.6 is 0 Å². The van der Waals surface area contributed by atoms with Gasteiger partial charge in [0.25, 0.3) is 5.91 Å². The zero-order chi connectivity index (χ0) is 26.4. The number of halogens is 2. The van der Waals surface area contributed by atoms with Crippen LogP contribution in [0.1, 0.15) is 94.0 Å². The highest BCUT2D eigenvalue weighted by molar-refractivity contribution is 5.99. The van der Waals surface area contributed by atoms with Crippen molar-refractivity contribution in [1.82, 2.24) is 10.2 Å². The van der Waals surface area contributed by atoms with Gasteiger partial charge in [0.2, 0.25) is 5.91 Å². The highest BCUT2D eigenvalue weighted by Gasteiger charge is 2.34. The summed E-state index contributed by atoms with van der Waals surface area (Å²) in [5, 5.41) is 2.88. The lowest BCUT2D eigenvalue weighted by Crippen LogP contribution is -2.48. The van der Waals surface area contributed by atoms with Crippen LogP contribution in [-0.4, -0.2) is 47.8 Å². The Morgan fingerprint density at radius 3 is 2.42 bits per heavy atom. The predicted molar refractivity (Wildman–Crippen MR) is 137 cm³/mol. The fourth-order valence-corrected chi connectivity index (χ4v) is 5.57. The average molecular weight is 503 g/mol. The molecule has 1 heterocycles. The maximum Gasteiger partial charge on any atom is 0.254 e. The van der Waals surface area contributed by atoms with Gasteiger partial charge in [0.05, 0.1) is 11.6 Å². The van der Waals surface area contributed by atoms with Gasteiger partial charge >= 0.3 is 0 Å². The van der Waals surface area contributed by atoms with Gasteiger partial charge in [-0.2, -0.15) is 0 Å². The highest BCUT2D eigenvalue weighted by atomic mass is 19.1. The number of carbonyl (C=O) groups is 3. The van der Waals surface area contributed by atoms with Crippen molar-refractivity contribution in [2.24, 2.45) is 11.8 Å². The molecule has 1 aromatic rings. The van der Waals surface area contributed by atoms with E-state index < -0.39 is 23.9 Å². The Labute approximate surface area is 213 Å². The predicted octanol–water partition coefficient (Wildman–Crippen LogP) is 5.74. The zero-order valence-electron chi connectivity index (χ0n) is 21.8. The van der Waals surface area contributed by atoms with Crippen LogP contribution in [0.15, 0.2) is 30.4 Å². The number of hydrogen-bond donors (Lipinski definition) is 1. The van der Waals surface area contributed by atoms with Crippen molar-refractivity contribution in [1.29, 1.82) is 0 Å². The fraction of sp³-hybridized carbons (Fsp3) is 0.621. The van der Waals surface area contributed by atoms with Gasteiger partial charge in [0.1, 0.15) is 12.0 Å². The molecule has 5 nitrogen and oxygen atoms in total. The van der Waals surface area contributed by atoms with Crippen LogP contribution in [0.2, 0.25) is 0 Å². The first kappa shape index (κ1) is 28.0. The summed E-state index contributed by atoms with van der Waals surface area (Å²) in [5.41, 5.74) is 0.515. The molecule has 2 amide bonds. The maximum absolute atomic E-state index is 15.7. The summed E-state index contributed by atoms with van der Waals surface area (Å²) in [5.74, 6) is -1.94. The second kappa shape index (κ2) is 12.6. The van der Waals surface area contributed by atoms with Gasteiger partial charge in [-0.15, -0.1) is 0 Å². The molecule has 0 bridgehead atoms. The molecule has 1 aromatic carbocycles. The minimum atomic E-state index is -1.16. The van der Waals surface area contributed by atoms with E-state index in [2.05, 4.69) is 11.9 Å². The number of hydrogen-bond acceptors (Lipinski definition) is 3. The number of likely N-dealkylation sites (tertiary alicyclic amines) is 1. The average Bonchev–Trinajstić information content (AvgIpc) is 2.86. The van der Waals surface area contributed by atoms with E-state index in [4.69, 9.17) is 0 Å². The summed E-state index contributed by atoms with van der Waals surface area (Å²) in [4.78, 5) is 40.5. The molecule has 3 unspecified atom stereocenters. The molecule has 2 aliphatic rings. The third-order valence-corrected chi connectivity index (χ3v) is 7.54. The lowest BCUT2D eigenvalue weighted by Gasteiger charge is -2.34. The normalized spacial score (nSPS) is 20.6. The Balaban J connectivity index is 1.77. The Bertz CT molecular complexity index is 969. The van der Waals surface area contributed by atoms with Gasteiger partial charge in [-0.25, -0.2) is 8.78 Å². The quantitative estimate of drug-likeness (QED) is 0.438. The second-order valence-electron chi connectivity index (χ2n) is 10.8. The van der Waals surface area contributed by atoms with Crippen molar-refractivity contribution in [2.75, 3.05) is 13.1 Å². The Morgan fingerprint density at radius 2 is 1.78 bits per heavy atom. The van der Waals surface area contributed by atoms with E-state index in [0.29, 0.717) is 24.9 Å². The van der Waals surface area contributed by atoms with Gasteiger partial charge in [-0.1, -0.05) is 51.8 Å². The molecule has 0 spiro atoms. The summed E-state index contributed by atoms with van der Waals surface area (Å²) >= 11 is 0. The highest BCUT2D eigenvalue weighted by Crippen LogP contribution is 2.32. The van der Waals surface area contributed by atoms with Crippen LogP contribution in [0.3, 0.4) is 0 Å². The topological polar surface area (TPSA) is 66.5 Å². The standard InChI is InChI=1S/C29H40F2N2O3/c1-18(2)27(34)26(21-10-6-5-7-11-21)32-28(35)24-14-8-13-23(25(24)31)22-12-9-15-33(17-22)29(36)19(3)16-20(4)30/h8,13-14,18,20-22,26H,3,5-7,9-12,15-17H2,1-2,4H3,(H,32,35). The summed E-state index contributed by atoms with van der Waals surface area (Å²) < 4.78 is 29.1. The van der Waals surface area contributed by atoms with Gasteiger partial charge in [0, 0.05) is 36.9 Å². The molecule has 7 heteroatoms. The first-order valence-corrected chi connectivity index (χ1v) is 13.3. The Hall–Kier alpha value is -2.57. The summed E-state index contributed by atoms with van der Waals surface area (Å²) in [7, 11) is 0. The number of alkyl halides is 1. The minimum absolute atomic E-state index is 0.0175. The Morgan fingerprint density at radius 1 is 1.08 bits per heavy atom. The number of ketones is 1. The molecular formula is C29H40F2N2O3. The molecule has 1 N–H and O–H groups in total. The number of benzene rings is 1. The number of nitrogens with zero attached hydrogens (tertiary/aromatic N) is 1. The van der Waals surface area contributed by atoms with Crippen molar-refractivity contribution in [3.05, 3.63) is 47.3 Å². The molecule has 0 aromatic heterocycles. The number of piperidine rings is 1. The molecule has 0 radical (unpaired) electrons. The van der Waals surface area contributed by atoms with Crippen molar-refractivity contribution in [2.45, 2.75) is 90.3 Å². The van der Waals surface area contributed by atoms with Crippen molar-refractivity contribution >= 4 is 17.6 Å². The van der Waals surface area contributed by atoms with Crippen LogP contribution < -0.4 is 5.32 Å². The monoisotopic (exact) mass is 502 g/mol. The molecule has 3 atom stereocenters. The van der Waals surface area contributed by atoms with Crippen LogP contribution in [0.5, 0.6) is 0 Å². The second-order valence-corrected chi connectivity index (χ2v) is 10.8. The molecule has 1 aliphatic heterocycles. The van der Waals surface area contributed by atoms with Crippen LogP contribution in [0.4, 0.5) is 8.78 Å². The number of nitrogens with one attached hydrogen (secondary N) is 1. The molecule has 2 fully saturated rings. The summed E-state index contributed by atoms with van der Waals surface area (Å²) in [6, 6.07) is 4.13.